The first-order chi connectivity index (χ1) is 15.8. The number of ether oxygens (including phenoxy) is 2. The van der Waals surface area contributed by atoms with Gasteiger partial charge in [-0.2, -0.15) is 8.42 Å². The van der Waals surface area contributed by atoms with E-state index in [1.165, 1.54) is 13.2 Å². The van der Waals surface area contributed by atoms with E-state index in [2.05, 4.69) is 0 Å². The highest BCUT2D eigenvalue weighted by atomic mass is 32.2. The van der Waals surface area contributed by atoms with E-state index in [0.29, 0.717) is 30.0 Å². The van der Waals surface area contributed by atoms with Crippen LogP contribution in [0.4, 0.5) is 4.39 Å². The van der Waals surface area contributed by atoms with Crippen LogP contribution in [-0.4, -0.2) is 46.6 Å². The minimum atomic E-state index is -4.14. The van der Waals surface area contributed by atoms with E-state index in [0.717, 1.165) is 24.3 Å². The highest BCUT2D eigenvalue weighted by Gasteiger charge is 2.19. The zero-order chi connectivity index (χ0) is 23.8. The van der Waals surface area contributed by atoms with E-state index in [9.17, 15) is 17.6 Å². The monoisotopic (exact) mass is 473 g/mol. The van der Waals surface area contributed by atoms with Crippen LogP contribution in [0, 0.1) is 5.82 Å². The average molecular weight is 474 g/mol. The van der Waals surface area contributed by atoms with Gasteiger partial charge < -0.3 is 18.6 Å². The Morgan fingerprint density at radius 2 is 1.64 bits per heavy atom. The largest absolute Gasteiger partial charge is 0.497 e. The molecular weight excluding hydrogens is 449 g/mol. The molecule has 9 heteroatoms. The van der Waals surface area contributed by atoms with Gasteiger partial charge in [0, 0.05) is 25.8 Å². The number of rotatable bonds is 10. The predicted octanol–water partition coefficient (Wildman–Crippen LogP) is 3.89. The summed E-state index contributed by atoms with van der Waals surface area (Å²) in [5.41, 5.74) is 1.12. The molecule has 0 radical (unpaired) electrons. The zero-order valence-electron chi connectivity index (χ0n) is 18.2. The van der Waals surface area contributed by atoms with Gasteiger partial charge in [-0.3, -0.25) is 4.79 Å². The molecule has 0 saturated heterocycles. The normalized spacial score (nSPS) is 11.1. The standard InChI is InChI=1S/C24H24FNO6S/c1-30-14-13-26(24(27)19-6-4-7-21(16-19)31-2)17-18-5-3-8-22(15-18)32-33(28,29)23-11-9-20(25)10-12-23/h3-12,15-16H,13-14,17H2,1-2H3. The number of benzene rings is 3. The molecule has 3 rings (SSSR count). The molecule has 3 aromatic rings. The fourth-order valence-corrected chi connectivity index (χ4v) is 4.01. The third kappa shape index (κ3) is 6.53. The molecule has 7 nitrogen and oxygen atoms in total. The van der Waals surface area contributed by atoms with Gasteiger partial charge in [-0.15, -0.1) is 0 Å². The quantitative estimate of drug-likeness (QED) is 0.416. The van der Waals surface area contributed by atoms with E-state index in [1.807, 2.05) is 0 Å². The van der Waals surface area contributed by atoms with Crippen molar-refractivity contribution in [3.63, 3.8) is 0 Å². The lowest BCUT2D eigenvalue weighted by Crippen LogP contribution is -2.33. The lowest BCUT2D eigenvalue weighted by atomic mass is 10.1. The molecule has 0 N–H and O–H groups in total. The van der Waals surface area contributed by atoms with Crippen LogP contribution < -0.4 is 8.92 Å². The summed E-state index contributed by atoms with van der Waals surface area (Å²) in [7, 11) is -1.07. The summed E-state index contributed by atoms with van der Waals surface area (Å²) in [4.78, 5) is 14.5. The van der Waals surface area contributed by atoms with Crippen molar-refractivity contribution in [3.05, 3.63) is 89.7 Å². The number of hydrogen-bond acceptors (Lipinski definition) is 6. The van der Waals surface area contributed by atoms with Gasteiger partial charge >= 0.3 is 10.1 Å². The number of nitrogens with zero attached hydrogens (tertiary/aromatic N) is 1. The SMILES string of the molecule is COCCN(Cc1cccc(OS(=O)(=O)c2ccc(F)cc2)c1)C(=O)c1cccc(OC)c1. The molecule has 1 amide bonds. The van der Waals surface area contributed by atoms with Crippen LogP contribution in [0.15, 0.2) is 77.7 Å². The molecule has 0 saturated carbocycles. The van der Waals surface area contributed by atoms with Crippen LogP contribution >= 0.6 is 0 Å². The van der Waals surface area contributed by atoms with Gasteiger partial charge in [0.05, 0.1) is 13.7 Å². The number of hydrogen-bond donors (Lipinski definition) is 0. The summed E-state index contributed by atoms with van der Waals surface area (Å²) in [6.07, 6.45) is 0. The minimum Gasteiger partial charge on any atom is -0.497 e. The second-order valence-electron chi connectivity index (χ2n) is 7.09. The Bertz CT molecular complexity index is 1200. The minimum absolute atomic E-state index is 0.0809. The van der Waals surface area contributed by atoms with Gasteiger partial charge in [-0.1, -0.05) is 18.2 Å². The first-order valence-corrected chi connectivity index (χ1v) is 11.4. The Labute approximate surface area is 192 Å². The summed E-state index contributed by atoms with van der Waals surface area (Å²) in [5.74, 6) is -0.129. The van der Waals surface area contributed by atoms with Gasteiger partial charge in [0.1, 0.15) is 22.2 Å². The van der Waals surface area contributed by atoms with Crippen molar-refractivity contribution in [2.24, 2.45) is 0 Å². The van der Waals surface area contributed by atoms with Crippen LogP contribution in [0.1, 0.15) is 15.9 Å². The van der Waals surface area contributed by atoms with E-state index >= 15 is 0 Å². The number of carbonyl (C=O) groups excluding carboxylic acids is 1. The van der Waals surface area contributed by atoms with Crippen molar-refractivity contribution in [3.8, 4) is 11.5 Å². The lowest BCUT2D eigenvalue weighted by Gasteiger charge is -2.23. The predicted molar refractivity (Wildman–Crippen MR) is 120 cm³/mol. The highest BCUT2D eigenvalue weighted by molar-refractivity contribution is 7.87. The molecule has 0 aromatic heterocycles. The van der Waals surface area contributed by atoms with Crippen molar-refractivity contribution in [2.75, 3.05) is 27.4 Å². The molecule has 0 fully saturated rings. The summed E-state index contributed by atoms with van der Waals surface area (Å²) >= 11 is 0. The molecule has 0 bridgehead atoms. The van der Waals surface area contributed by atoms with Gasteiger partial charge in [-0.25, -0.2) is 4.39 Å². The summed E-state index contributed by atoms with van der Waals surface area (Å²) < 4.78 is 53.7. The van der Waals surface area contributed by atoms with E-state index in [4.69, 9.17) is 13.7 Å². The summed E-state index contributed by atoms with van der Waals surface area (Å²) in [6.45, 7) is 0.851. The number of carbonyl (C=O) groups is 1. The van der Waals surface area contributed by atoms with Crippen molar-refractivity contribution in [1.82, 2.24) is 4.90 Å². The fourth-order valence-electron chi connectivity index (χ4n) is 3.08. The van der Waals surface area contributed by atoms with E-state index in [1.54, 1.807) is 54.5 Å². The third-order valence-electron chi connectivity index (χ3n) is 4.75. The van der Waals surface area contributed by atoms with Gasteiger partial charge in [0.2, 0.25) is 0 Å². The highest BCUT2D eigenvalue weighted by Crippen LogP contribution is 2.22. The maximum Gasteiger partial charge on any atom is 0.339 e. The second-order valence-corrected chi connectivity index (χ2v) is 8.64. The van der Waals surface area contributed by atoms with Gasteiger partial charge in [0.15, 0.2) is 0 Å². The summed E-state index contributed by atoms with van der Waals surface area (Å²) in [6, 6.07) is 17.6. The fraction of sp³-hybridized carbons (Fsp3) is 0.208. The van der Waals surface area contributed by atoms with Crippen LogP contribution in [-0.2, 0) is 21.4 Å². The van der Waals surface area contributed by atoms with Crippen molar-refractivity contribution in [1.29, 1.82) is 0 Å². The van der Waals surface area contributed by atoms with Gasteiger partial charge in [0.25, 0.3) is 5.91 Å². The van der Waals surface area contributed by atoms with Crippen molar-refractivity contribution in [2.45, 2.75) is 11.4 Å². The molecule has 33 heavy (non-hydrogen) atoms. The second kappa shape index (κ2) is 10.9. The molecule has 0 atom stereocenters. The molecule has 3 aromatic carbocycles. The maximum absolute atomic E-state index is 13.1. The van der Waals surface area contributed by atoms with Gasteiger partial charge in [-0.05, 0) is 60.2 Å². The van der Waals surface area contributed by atoms with Crippen molar-refractivity contribution >= 4 is 16.0 Å². The Morgan fingerprint density at radius 3 is 2.33 bits per heavy atom. The number of halogens is 1. The third-order valence-corrected chi connectivity index (χ3v) is 6.01. The van der Waals surface area contributed by atoms with Crippen LogP contribution in [0.3, 0.4) is 0 Å². The zero-order valence-corrected chi connectivity index (χ0v) is 19.0. The van der Waals surface area contributed by atoms with Crippen LogP contribution in [0.5, 0.6) is 11.5 Å². The molecule has 0 aliphatic carbocycles. The average Bonchev–Trinajstić information content (AvgIpc) is 2.81. The first-order valence-electron chi connectivity index (χ1n) is 10.0. The topological polar surface area (TPSA) is 82.1 Å². The Hall–Kier alpha value is -3.43. The van der Waals surface area contributed by atoms with Crippen molar-refractivity contribution < 1.29 is 31.3 Å². The molecule has 0 aliphatic rings. The number of methoxy groups -OCH3 is 2. The Morgan fingerprint density at radius 1 is 0.939 bits per heavy atom. The van der Waals surface area contributed by atoms with Crippen LogP contribution in [0.2, 0.25) is 0 Å². The lowest BCUT2D eigenvalue weighted by molar-refractivity contribution is 0.0680. The summed E-state index contributed by atoms with van der Waals surface area (Å²) in [5, 5.41) is 0. The van der Waals surface area contributed by atoms with E-state index < -0.39 is 15.9 Å². The Balaban J connectivity index is 1.80. The molecule has 0 heterocycles. The van der Waals surface area contributed by atoms with E-state index in [-0.39, 0.29) is 23.1 Å². The van der Waals surface area contributed by atoms with Crippen LogP contribution in [0.25, 0.3) is 0 Å². The molecular formula is C24H24FNO6S. The molecule has 0 unspecified atom stereocenters. The Kier molecular flexibility index (Phi) is 8.02. The molecule has 0 spiro atoms. The molecule has 174 valence electrons. The molecule has 0 aliphatic heterocycles. The smallest absolute Gasteiger partial charge is 0.339 e. The maximum atomic E-state index is 13.1. The first kappa shape index (κ1) is 24.2. The number of amides is 1.